The predicted octanol–water partition coefficient (Wildman–Crippen LogP) is 1.94. The second-order valence-electron chi connectivity index (χ2n) is 4.05. The largest absolute Gasteiger partial charge is 0.370 e. The van der Waals surface area contributed by atoms with E-state index in [-0.39, 0.29) is 0 Å². The van der Waals surface area contributed by atoms with Gasteiger partial charge in [0.1, 0.15) is 0 Å². The highest BCUT2D eigenvalue weighted by atomic mass is 15.3. The molecule has 1 aliphatic rings. The van der Waals surface area contributed by atoms with E-state index >= 15 is 0 Å². The van der Waals surface area contributed by atoms with Crippen LogP contribution >= 0.6 is 0 Å². The van der Waals surface area contributed by atoms with Gasteiger partial charge >= 0.3 is 0 Å². The monoisotopic (exact) mass is 217 g/mol. The summed E-state index contributed by atoms with van der Waals surface area (Å²) in [6.45, 7) is 6.01. The number of nitrogens with zero attached hydrogens (tertiary/aromatic N) is 2. The molecule has 0 saturated heterocycles. The van der Waals surface area contributed by atoms with Crippen LogP contribution in [0.15, 0.2) is 29.3 Å². The minimum atomic E-state index is 0.334. The number of nitrogens with two attached hydrogens (primary N) is 1. The molecule has 0 saturated carbocycles. The second-order valence-corrected chi connectivity index (χ2v) is 4.05. The molecular formula is C13H19N3. The number of aliphatic imine (C=N–C) groups is 1. The van der Waals surface area contributed by atoms with Gasteiger partial charge in [0.25, 0.3) is 0 Å². The molecule has 1 aliphatic heterocycles. The number of benzene rings is 1. The van der Waals surface area contributed by atoms with E-state index in [1.165, 1.54) is 11.1 Å². The minimum absolute atomic E-state index is 0.334. The molecule has 2 N–H and O–H groups in total. The molecular weight excluding hydrogens is 198 g/mol. The van der Waals surface area contributed by atoms with E-state index in [2.05, 4.69) is 48.0 Å². The van der Waals surface area contributed by atoms with Crippen molar-refractivity contribution < 1.29 is 0 Å². The quantitative estimate of drug-likeness (QED) is 0.840. The zero-order valence-corrected chi connectivity index (χ0v) is 9.98. The Morgan fingerprint density at radius 1 is 1.38 bits per heavy atom. The molecule has 16 heavy (non-hydrogen) atoms. The smallest absolute Gasteiger partial charge is 0.191 e. The van der Waals surface area contributed by atoms with Gasteiger partial charge in [-0.2, -0.15) is 0 Å². The Hall–Kier alpha value is -1.51. The summed E-state index contributed by atoms with van der Waals surface area (Å²) in [5.41, 5.74) is 8.65. The van der Waals surface area contributed by atoms with E-state index in [9.17, 15) is 0 Å². The average molecular weight is 217 g/mol. The normalized spacial score (nSPS) is 20.0. The number of guanidine groups is 1. The van der Waals surface area contributed by atoms with Gasteiger partial charge < -0.3 is 10.6 Å². The number of hydrogen-bond acceptors (Lipinski definition) is 3. The van der Waals surface area contributed by atoms with E-state index in [0.29, 0.717) is 12.0 Å². The highest BCUT2D eigenvalue weighted by molar-refractivity contribution is 5.80. The Labute approximate surface area is 97.0 Å². The first kappa shape index (κ1) is 11.0. The number of aryl methyl sites for hydroxylation is 1. The van der Waals surface area contributed by atoms with Crippen LogP contribution in [0.25, 0.3) is 0 Å². The molecule has 0 fully saturated rings. The lowest BCUT2D eigenvalue weighted by molar-refractivity contribution is 0.362. The van der Waals surface area contributed by atoms with Crippen molar-refractivity contribution >= 4 is 5.96 Å². The third kappa shape index (κ3) is 1.77. The fourth-order valence-electron chi connectivity index (χ4n) is 2.36. The zero-order chi connectivity index (χ0) is 11.5. The molecule has 0 bridgehead atoms. The lowest BCUT2D eigenvalue weighted by Crippen LogP contribution is -2.36. The average Bonchev–Trinajstić information content (AvgIpc) is 2.70. The highest BCUT2D eigenvalue weighted by Crippen LogP contribution is 2.27. The van der Waals surface area contributed by atoms with Crippen LogP contribution in [0.2, 0.25) is 0 Å². The van der Waals surface area contributed by atoms with Gasteiger partial charge in [0.15, 0.2) is 5.96 Å². The van der Waals surface area contributed by atoms with Crippen LogP contribution < -0.4 is 5.73 Å². The fraction of sp³-hybridized carbons (Fsp3) is 0.462. The van der Waals surface area contributed by atoms with Crippen LogP contribution in [-0.2, 0) is 6.42 Å². The molecule has 86 valence electrons. The maximum Gasteiger partial charge on any atom is 0.191 e. The molecule has 1 aromatic carbocycles. The lowest BCUT2D eigenvalue weighted by atomic mass is 9.98. The van der Waals surface area contributed by atoms with Gasteiger partial charge in [-0.3, -0.25) is 4.99 Å². The summed E-state index contributed by atoms with van der Waals surface area (Å²) in [5.74, 6) is 0.679. The standard InChI is InChI=1S/C13H19N3/c1-3-10-7-5-6-8-11(10)12-9-15-13(14)16(12)4-2/h5-8,12H,3-4,9H2,1-2H3,(H2,14,15). The molecule has 1 atom stereocenters. The van der Waals surface area contributed by atoms with Gasteiger partial charge in [0.2, 0.25) is 0 Å². The summed E-state index contributed by atoms with van der Waals surface area (Å²) >= 11 is 0. The second kappa shape index (κ2) is 4.56. The van der Waals surface area contributed by atoms with Gasteiger partial charge in [-0.1, -0.05) is 31.2 Å². The SMILES string of the molecule is CCc1ccccc1C1CN=C(N)N1CC. The van der Waals surface area contributed by atoms with E-state index < -0.39 is 0 Å². The molecule has 0 aromatic heterocycles. The summed E-state index contributed by atoms with van der Waals surface area (Å²) in [5, 5.41) is 0. The summed E-state index contributed by atoms with van der Waals surface area (Å²) < 4.78 is 0. The number of likely N-dealkylation sites (N-methyl/N-ethyl adjacent to an activating group) is 1. The van der Waals surface area contributed by atoms with Crippen molar-refractivity contribution in [2.24, 2.45) is 10.7 Å². The van der Waals surface area contributed by atoms with Gasteiger partial charge in [0.05, 0.1) is 12.6 Å². The van der Waals surface area contributed by atoms with Crippen LogP contribution in [-0.4, -0.2) is 23.9 Å². The van der Waals surface area contributed by atoms with Crippen molar-refractivity contribution in [3.05, 3.63) is 35.4 Å². The first-order chi connectivity index (χ1) is 7.77. The lowest BCUT2D eigenvalue weighted by Gasteiger charge is -2.26. The molecule has 0 spiro atoms. The zero-order valence-electron chi connectivity index (χ0n) is 9.98. The molecule has 1 aromatic rings. The predicted molar refractivity (Wildman–Crippen MR) is 67.4 cm³/mol. The third-order valence-electron chi connectivity index (χ3n) is 3.23. The molecule has 3 nitrogen and oxygen atoms in total. The Bertz CT molecular complexity index is 398. The van der Waals surface area contributed by atoms with Gasteiger partial charge in [-0.25, -0.2) is 0 Å². The maximum absolute atomic E-state index is 5.88. The van der Waals surface area contributed by atoms with Crippen molar-refractivity contribution in [2.75, 3.05) is 13.1 Å². The van der Waals surface area contributed by atoms with E-state index in [1.807, 2.05) is 0 Å². The van der Waals surface area contributed by atoms with Crippen LogP contribution in [0.3, 0.4) is 0 Å². The summed E-state index contributed by atoms with van der Waals surface area (Å²) in [6.07, 6.45) is 1.06. The van der Waals surface area contributed by atoms with Gasteiger partial charge in [0, 0.05) is 6.54 Å². The Morgan fingerprint density at radius 3 is 2.81 bits per heavy atom. The van der Waals surface area contributed by atoms with Gasteiger partial charge in [-0.05, 0) is 24.5 Å². The third-order valence-corrected chi connectivity index (χ3v) is 3.23. The minimum Gasteiger partial charge on any atom is -0.370 e. The van der Waals surface area contributed by atoms with Gasteiger partial charge in [-0.15, -0.1) is 0 Å². The highest BCUT2D eigenvalue weighted by Gasteiger charge is 2.27. The van der Waals surface area contributed by atoms with E-state index in [0.717, 1.165) is 19.5 Å². The van der Waals surface area contributed by atoms with Crippen LogP contribution in [0.1, 0.15) is 31.0 Å². The van der Waals surface area contributed by atoms with Crippen molar-refractivity contribution in [3.8, 4) is 0 Å². The number of hydrogen-bond donors (Lipinski definition) is 1. The van der Waals surface area contributed by atoms with Crippen molar-refractivity contribution in [1.29, 1.82) is 0 Å². The first-order valence-electron chi connectivity index (χ1n) is 5.92. The van der Waals surface area contributed by atoms with Crippen LogP contribution in [0.5, 0.6) is 0 Å². The number of rotatable bonds is 3. The molecule has 3 heteroatoms. The molecule has 0 radical (unpaired) electrons. The molecule has 1 unspecified atom stereocenters. The van der Waals surface area contributed by atoms with Crippen molar-refractivity contribution in [1.82, 2.24) is 4.90 Å². The first-order valence-corrected chi connectivity index (χ1v) is 5.92. The topological polar surface area (TPSA) is 41.6 Å². The van der Waals surface area contributed by atoms with Crippen LogP contribution in [0, 0.1) is 0 Å². The molecule has 0 aliphatic carbocycles. The van der Waals surface area contributed by atoms with Crippen molar-refractivity contribution in [3.63, 3.8) is 0 Å². The summed E-state index contributed by atoms with van der Waals surface area (Å²) in [4.78, 5) is 6.52. The van der Waals surface area contributed by atoms with Crippen molar-refractivity contribution in [2.45, 2.75) is 26.3 Å². The summed E-state index contributed by atoms with van der Waals surface area (Å²) in [6, 6.07) is 8.91. The maximum atomic E-state index is 5.88. The van der Waals surface area contributed by atoms with E-state index in [1.54, 1.807) is 0 Å². The summed E-state index contributed by atoms with van der Waals surface area (Å²) in [7, 11) is 0. The molecule has 1 heterocycles. The fourth-order valence-corrected chi connectivity index (χ4v) is 2.36. The van der Waals surface area contributed by atoms with E-state index in [4.69, 9.17) is 5.73 Å². The Balaban J connectivity index is 2.31. The molecule has 0 amide bonds. The molecule has 2 rings (SSSR count). The van der Waals surface area contributed by atoms with Crippen LogP contribution in [0.4, 0.5) is 0 Å². The Morgan fingerprint density at radius 2 is 2.12 bits per heavy atom. The Kier molecular flexibility index (Phi) is 3.13.